The number of benzene rings is 7. The minimum Gasteiger partial charge on any atom is -0.455 e. The molecule has 2 aliphatic carbocycles. The molecule has 0 spiro atoms. The highest BCUT2D eigenvalue weighted by Gasteiger charge is 2.25. The minimum atomic E-state index is 0.0423. The number of aromatic nitrogens is 3. The van der Waals surface area contributed by atoms with E-state index in [2.05, 4.69) is 146 Å². The van der Waals surface area contributed by atoms with Crippen molar-refractivity contribution < 1.29 is 4.42 Å². The third-order valence-electron chi connectivity index (χ3n) is 11.1. The quantitative estimate of drug-likeness (QED) is 0.174. The largest absolute Gasteiger partial charge is 0.455 e. The van der Waals surface area contributed by atoms with Crippen LogP contribution in [0.2, 0.25) is 0 Å². The van der Waals surface area contributed by atoms with Crippen LogP contribution in [0.25, 0.3) is 88.2 Å². The van der Waals surface area contributed by atoms with E-state index in [0.717, 1.165) is 74.7 Å². The lowest BCUT2D eigenvalue weighted by Crippen LogP contribution is -2.11. The molecule has 2 aromatic heterocycles. The highest BCUT2D eigenvalue weighted by Crippen LogP contribution is 2.43. The third-order valence-corrected chi connectivity index (χ3v) is 11.1. The molecule has 11 rings (SSSR count). The monoisotopic (exact) mass is 679 g/mol. The van der Waals surface area contributed by atoms with Crippen molar-refractivity contribution in [1.82, 2.24) is 15.0 Å². The van der Waals surface area contributed by atoms with E-state index in [-0.39, 0.29) is 5.92 Å². The van der Waals surface area contributed by atoms with Gasteiger partial charge in [0.1, 0.15) is 17.0 Å². The van der Waals surface area contributed by atoms with E-state index < -0.39 is 0 Å². The first-order chi connectivity index (χ1) is 26.2. The molecule has 4 heteroatoms. The normalized spacial score (nSPS) is 15.7. The van der Waals surface area contributed by atoms with Crippen LogP contribution in [0.15, 0.2) is 173 Å². The maximum Gasteiger partial charge on any atom is 0.164 e. The van der Waals surface area contributed by atoms with Crippen LogP contribution >= 0.6 is 0 Å². The average Bonchev–Trinajstić information content (AvgIpc) is 3.62. The fourth-order valence-electron chi connectivity index (χ4n) is 8.38. The molecule has 2 heterocycles. The van der Waals surface area contributed by atoms with Crippen LogP contribution in [0.1, 0.15) is 31.0 Å². The van der Waals surface area contributed by atoms with E-state index in [0.29, 0.717) is 11.6 Å². The highest BCUT2D eigenvalue weighted by atomic mass is 16.3. The van der Waals surface area contributed by atoms with E-state index in [1.54, 1.807) is 0 Å². The topological polar surface area (TPSA) is 51.8 Å². The molecular formula is C49H33N3O. The summed E-state index contributed by atoms with van der Waals surface area (Å²) in [6, 6.07) is 47.3. The zero-order valence-electron chi connectivity index (χ0n) is 29.0. The Labute approximate surface area is 306 Å². The van der Waals surface area contributed by atoms with Crippen LogP contribution in [-0.4, -0.2) is 15.0 Å². The number of allylic oxidation sites excluding steroid dienone is 6. The van der Waals surface area contributed by atoms with Gasteiger partial charge in [0.15, 0.2) is 11.6 Å². The van der Waals surface area contributed by atoms with Gasteiger partial charge >= 0.3 is 0 Å². The predicted octanol–water partition coefficient (Wildman–Crippen LogP) is 12.9. The Morgan fingerprint density at radius 1 is 0.528 bits per heavy atom. The molecule has 1 atom stereocenters. The lowest BCUT2D eigenvalue weighted by molar-refractivity contribution is 0.670. The Hall–Kier alpha value is -6.65. The molecule has 0 aliphatic heterocycles. The van der Waals surface area contributed by atoms with Crippen LogP contribution in [0.4, 0.5) is 0 Å². The molecule has 7 aromatic carbocycles. The van der Waals surface area contributed by atoms with Gasteiger partial charge < -0.3 is 4.42 Å². The Kier molecular flexibility index (Phi) is 6.78. The second-order valence-corrected chi connectivity index (χ2v) is 14.2. The van der Waals surface area contributed by atoms with Crippen molar-refractivity contribution >= 4 is 54.3 Å². The van der Waals surface area contributed by atoms with Crippen molar-refractivity contribution in [3.05, 3.63) is 175 Å². The van der Waals surface area contributed by atoms with Gasteiger partial charge in [-0.05, 0) is 98.6 Å². The van der Waals surface area contributed by atoms with Crippen molar-refractivity contribution in [1.29, 1.82) is 0 Å². The molecule has 0 saturated heterocycles. The molecule has 53 heavy (non-hydrogen) atoms. The summed E-state index contributed by atoms with van der Waals surface area (Å²) in [4.78, 5) is 15.8. The lowest BCUT2D eigenvalue weighted by atomic mass is 9.84. The number of nitrogens with zero attached hydrogens (tertiary/aromatic N) is 3. The molecule has 0 radical (unpaired) electrons. The zero-order valence-corrected chi connectivity index (χ0v) is 29.0. The molecule has 0 saturated carbocycles. The molecule has 9 aromatic rings. The maximum absolute atomic E-state index is 6.77. The van der Waals surface area contributed by atoms with Gasteiger partial charge in [0, 0.05) is 33.4 Å². The van der Waals surface area contributed by atoms with Gasteiger partial charge in [-0.3, -0.25) is 0 Å². The number of hydrogen-bond acceptors (Lipinski definition) is 4. The van der Waals surface area contributed by atoms with Gasteiger partial charge in [0.2, 0.25) is 0 Å². The molecule has 1 unspecified atom stereocenters. The summed E-state index contributed by atoms with van der Waals surface area (Å²) in [5.74, 6) is 2.15. The third kappa shape index (κ3) is 5.02. The van der Waals surface area contributed by atoms with Crippen LogP contribution in [0.5, 0.6) is 0 Å². The molecular weight excluding hydrogens is 647 g/mol. The first-order valence-electron chi connectivity index (χ1n) is 18.4. The fraction of sp³-hybridized carbons (Fsp3) is 0.0816. The number of furan rings is 1. The fourth-order valence-corrected chi connectivity index (χ4v) is 8.38. The van der Waals surface area contributed by atoms with Gasteiger partial charge in [0.25, 0.3) is 0 Å². The van der Waals surface area contributed by atoms with Crippen molar-refractivity contribution in [2.75, 3.05) is 0 Å². The van der Waals surface area contributed by atoms with E-state index in [4.69, 9.17) is 19.4 Å². The van der Waals surface area contributed by atoms with E-state index in [1.807, 2.05) is 12.1 Å². The molecule has 0 bridgehead atoms. The maximum atomic E-state index is 6.77. The summed E-state index contributed by atoms with van der Waals surface area (Å²) in [6.07, 6.45) is 12.2. The average molecular weight is 680 g/mol. The summed E-state index contributed by atoms with van der Waals surface area (Å²) < 4.78 is 6.77. The first-order valence-corrected chi connectivity index (χ1v) is 18.4. The van der Waals surface area contributed by atoms with Gasteiger partial charge in [-0.1, -0.05) is 127 Å². The van der Waals surface area contributed by atoms with Crippen molar-refractivity contribution in [3.8, 4) is 33.9 Å². The van der Waals surface area contributed by atoms with Crippen molar-refractivity contribution in [3.63, 3.8) is 0 Å². The minimum absolute atomic E-state index is 0.0423. The number of hydrogen-bond donors (Lipinski definition) is 0. The van der Waals surface area contributed by atoms with E-state index in [9.17, 15) is 0 Å². The molecule has 0 fully saturated rings. The number of fused-ring (bicyclic) bond motifs is 7. The first kappa shape index (κ1) is 30.0. The van der Waals surface area contributed by atoms with Crippen LogP contribution in [0, 0.1) is 0 Å². The van der Waals surface area contributed by atoms with Crippen LogP contribution in [0.3, 0.4) is 0 Å². The van der Waals surface area contributed by atoms with Crippen LogP contribution in [-0.2, 0) is 0 Å². The molecule has 4 nitrogen and oxygen atoms in total. The summed E-state index contributed by atoms with van der Waals surface area (Å²) in [5.41, 5.74) is 8.53. The van der Waals surface area contributed by atoms with Gasteiger partial charge in [-0.15, -0.1) is 0 Å². The molecule has 250 valence electrons. The van der Waals surface area contributed by atoms with Crippen molar-refractivity contribution in [2.45, 2.75) is 25.2 Å². The number of rotatable bonds is 4. The van der Waals surface area contributed by atoms with Gasteiger partial charge in [-0.25, -0.2) is 15.0 Å². The standard InChI is InChI=1S/C49H33N3O/c1-3-12-34-27-37(23-17-30(34)9-1)47-50-48(38-24-18-31-10-2-4-13-35(31)28-38)52-49(51-47)42-26-25-40(46-45(42)41-15-7-8-16-44(41)53-46)36-22-21-33-20-19-32-11-5-6-14-39(32)43(33)29-36/h1,3-9,11-27,29,38H,2,10,28H2. The number of para-hydroxylation sites is 1. The molecule has 0 N–H and O–H groups in total. The second-order valence-electron chi connectivity index (χ2n) is 14.2. The Bertz CT molecular complexity index is 3050. The summed E-state index contributed by atoms with van der Waals surface area (Å²) in [6.45, 7) is 0. The van der Waals surface area contributed by atoms with E-state index in [1.165, 1.54) is 38.1 Å². The Morgan fingerprint density at radius 3 is 2.17 bits per heavy atom. The van der Waals surface area contributed by atoms with Crippen molar-refractivity contribution in [2.24, 2.45) is 0 Å². The summed E-state index contributed by atoms with van der Waals surface area (Å²) in [5, 5.41) is 9.31. The van der Waals surface area contributed by atoms with Gasteiger partial charge in [-0.2, -0.15) is 0 Å². The molecule has 2 aliphatic rings. The summed E-state index contributed by atoms with van der Waals surface area (Å²) >= 11 is 0. The lowest BCUT2D eigenvalue weighted by Gasteiger charge is -2.22. The highest BCUT2D eigenvalue weighted by molar-refractivity contribution is 6.16. The van der Waals surface area contributed by atoms with Crippen LogP contribution < -0.4 is 0 Å². The Balaban J connectivity index is 1.13. The smallest absolute Gasteiger partial charge is 0.164 e. The zero-order chi connectivity index (χ0) is 34.9. The van der Waals surface area contributed by atoms with E-state index >= 15 is 0 Å². The van der Waals surface area contributed by atoms with Gasteiger partial charge in [0.05, 0.1) is 0 Å². The Morgan fingerprint density at radius 2 is 1.25 bits per heavy atom. The summed E-state index contributed by atoms with van der Waals surface area (Å²) in [7, 11) is 0. The predicted molar refractivity (Wildman–Crippen MR) is 218 cm³/mol. The molecule has 0 amide bonds. The second kappa shape index (κ2) is 12.0. The SMILES string of the molecule is C1=CC2=C(C=CC(c3nc(-c4ccc5ccccc5c4)nc(-c4ccc(-c5ccc6ccc7ccccc7c6c5)c5oc6ccccc6c45)n3)C2)CC1.